The Morgan fingerprint density at radius 2 is 2.05 bits per heavy atom. The highest BCUT2D eigenvalue weighted by molar-refractivity contribution is 7.13. The molecule has 9 heteroatoms. The molecule has 1 aliphatic rings. The summed E-state index contributed by atoms with van der Waals surface area (Å²) in [5.74, 6) is 0.950. The van der Waals surface area contributed by atoms with Crippen molar-refractivity contribution >= 4 is 28.6 Å². The first-order valence-electron chi connectivity index (χ1n) is 13.5. The summed E-state index contributed by atoms with van der Waals surface area (Å²) in [6.07, 6.45) is 6.10. The molecule has 4 aromatic heterocycles. The molecule has 1 fully saturated rings. The van der Waals surface area contributed by atoms with E-state index in [1.165, 1.54) is 0 Å². The fourth-order valence-corrected chi connectivity index (χ4v) is 5.89. The second-order valence-electron chi connectivity index (χ2n) is 9.84. The van der Waals surface area contributed by atoms with Gasteiger partial charge in [-0.25, -0.2) is 14.5 Å². The fraction of sp³-hybridized carbons (Fsp3) is 0.448. The van der Waals surface area contributed by atoms with Gasteiger partial charge in [0.05, 0.1) is 40.7 Å². The number of aromatic nitrogens is 4. The molecule has 5 rings (SSSR count). The molecule has 4 aromatic rings. The van der Waals surface area contributed by atoms with Crippen molar-refractivity contribution in [2.45, 2.75) is 52.1 Å². The Bertz CT molecular complexity index is 1380. The minimum Gasteiger partial charge on any atom is -0.383 e. The zero-order chi connectivity index (χ0) is 26.6. The number of methoxy groups -OCH3 is 1. The lowest BCUT2D eigenvalue weighted by molar-refractivity contribution is 0.0964. The molecule has 1 saturated heterocycles. The molecule has 0 spiro atoms. The fourth-order valence-electron chi connectivity index (χ4n) is 5.20. The predicted octanol–water partition coefficient (Wildman–Crippen LogP) is 5.44. The molecular weight excluding hydrogens is 496 g/mol. The van der Waals surface area contributed by atoms with Crippen LogP contribution in [0.3, 0.4) is 0 Å². The number of anilines is 1. The van der Waals surface area contributed by atoms with Crippen LogP contribution in [0.25, 0.3) is 27.5 Å². The van der Waals surface area contributed by atoms with Crippen molar-refractivity contribution < 1.29 is 9.53 Å². The van der Waals surface area contributed by atoms with Gasteiger partial charge in [0.25, 0.3) is 0 Å². The summed E-state index contributed by atoms with van der Waals surface area (Å²) in [6.45, 7) is 10.0. The number of rotatable bonds is 12. The van der Waals surface area contributed by atoms with Gasteiger partial charge in [-0.15, -0.1) is 11.3 Å². The quantitative estimate of drug-likeness (QED) is 0.225. The maximum Gasteiger partial charge on any atom is 0.165 e. The smallest absolute Gasteiger partial charge is 0.165 e. The second kappa shape index (κ2) is 11.7. The minimum absolute atomic E-state index is 0.140. The summed E-state index contributed by atoms with van der Waals surface area (Å²) < 4.78 is 7.20. The third-order valence-electron chi connectivity index (χ3n) is 7.57. The van der Waals surface area contributed by atoms with Crippen LogP contribution in [0, 0.1) is 0 Å². The van der Waals surface area contributed by atoms with Gasteiger partial charge in [0, 0.05) is 37.9 Å². The van der Waals surface area contributed by atoms with Crippen LogP contribution in [-0.4, -0.2) is 75.7 Å². The SMILES string of the molecule is CCN(CC)[C@@H](C)CCC(=O)c1cc(-c2cnn3ccc(-c4cccs4)nc23)nc(N2CC[C@@H]2COC)c1. The molecule has 8 nitrogen and oxygen atoms in total. The average Bonchev–Trinajstić information content (AvgIpc) is 3.60. The first-order valence-corrected chi connectivity index (χ1v) is 14.3. The first-order chi connectivity index (χ1) is 18.5. The van der Waals surface area contributed by atoms with Crippen LogP contribution in [0.5, 0.6) is 0 Å². The Labute approximate surface area is 228 Å². The van der Waals surface area contributed by atoms with E-state index in [4.69, 9.17) is 14.7 Å². The molecule has 0 saturated carbocycles. The number of carbonyl (C=O) groups excluding carboxylic acids is 1. The highest BCUT2D eigenvalue weighted by Crippen LogP contribution is 2.32. The molecule has 2 atom stereocenters. The Hall–Kier alpha value is -3.14. The third kappa shape index (κ3) is 5.36. The Morgan fingerprint density at radius 1 is 1.21 bits per heavy atom. The van der Waals surface area contributed by atoms with E-state index >= 15 is 0 Å². The van der Waals surface area contributed by atoms with Gasteiger partial charge in [0.15, 0.2) is 11.4 Å². The lowest BCUT2D eigenvalue weighted by Gasteiger charge is -2.41. The number of carbonyl (C=O) groups is 1. The lowest BCUT2D eigenvalue weighted by Crippen LogP contribution is -2.50. The number of hydrogen-bond acceptors (Lipinski definition) is 8. The number of ether oxygens (including phenoxy) is 1. The molecule has 0 aromatic carbocycles. The largest absolute Gasteiger partial charge is 0.383 e. The van der Waals surface area contributed by atoms with E-state index in [0.29, 0.717) is 24.6 Å². The van der Waals surface area contributed by atoms with Crippen molar-refractivity contribution in [2.75, 3.05) is 38.3 Å². The van der Waals surface area contributed by atoms with Gasteiger partial charge in [0.1, 0.15) is 5.82 Å². The van der Waals surface area contributed by atoms with Gasteiger partial charge < -0.3 is 14.5 Å². The van der Waals surface area contributed by atoms with Gasteiger partial charge in [-0.05, 0) is 62.5 Å². The summed E-state index contributed by atoms with van der Waals surface area (Å²) >= 11 is 1.66. The summed E-state index contributed by atoms with van der Waals surface area (Å²) in [7, 11) is 1.72. The van der Waals surface area contributed by atoms with Crippen LogP contribution >= 0.6 is 11.3 Å². The zero-order valence-corrected chi connectivity index (χ0v) is 23.4. The van der Waals surface area contributed by atoms with E-state index in [-0.39, 0.29) is 11.8 Å². The molecule has 38 heavy (non-hydrogen) atoms. The van der Waals surface area contributed by atoms with E-state index in [1.54, 1.807) is 29.2 Å². The Morgan fingerprint density at radius 3 is 2.74 bits per heavy atom. The Balaban J connectivity index is 1.51. The van der Waals surface area contributed by atoms with E-state index in [0.717, 1.165) is 65.8 Å². The number of fused-ring (bicyclic) bond motifs is 1. The van der Waals surface area contributed by atoms with E-state index < -0.39 is 0 Å². The highest BCUT2D eigenvalue weighted by atomic mass is 32.1. The summed E-state index contributed by atoms with van der Waals surface area (Å²) in [6, 6.07) is 10.5. The molecule has 0 bridgehead atoms. The van der Waals surface area contributed by atoms with Gasteiger partial charge in [-0.1, -0.05) is 19.9 Å². The van der Waals surface area contributed by atoms with Crippen molar-refractivity contribution in [3.63, 3.8) is 0 Å². The monoisotopic (exact) mass is 532 g/mol. The zero-order valence-electron chi connectivity index (χ0n) is 22.6. The standard InChI is InChI=1S/C29H36N6O2S/c1-5-33(6-2)20(3)9-10-26(36)21-16-25(31-28(17-21)34-13-11-22(34)19-37-4)23-18-30-35-14-12-24(32-29(23)35)27-8-7-15-38-27/h7-8,12,14-18,20,22H,5-6,9-11,13,19H2,1-4H3/t20-,22+/m0/s1. The molecule has 0 unspecified atom stereocenters. The van der Waals surface area contributed by atoms with Crippen LogP contribution in [0.15, 0.2) is 48.1 Å². The highest BCUT2D eigenvalue weighted by Gasteiger charge is 2.30. The van der Waals surface area contributed by atoms with Gasteiger partial charge in [0.2, 0.25) is 0 Å². The molecule has 0 amide bonds. The lowest BCUT2D eigenvalue weighted by atomic mass is 10.00. The van der Waals surface area contributed by atoms with Crippen LogP contribution in [0.2, 0.25) is 0 Å². The van der Waals surface area contributed by atoms with E-state index in [9.17, 15) is 4.79 Å². The van der Waals surface area contributed by atoms with E-state index in [2.05, 4.69) is 41.7 Å². The van der Waals surface area contributed by atoms with Crippen molar-refractivity contribution in [3.05, 3.63) is 53.7 Å². The first kappa shape index (κ1) is 26.5. The third-order valence-corrected chi connectivity index (χ3v) is 8.47. The van der Waals surface area contributed by atoms with Gasteiger partial charge in [-0.3, -0.25) is 4.79 Å². The molecule has 1 aliphatic heterocycles. The molecule has 0 aliphatic carbocycles. The topological polar surface area (TPSA) is 75.9 Å². The maximum absolute atomic E-state index is 13.5. The number of Topliss-reactive ketones (excluding diaryl/α,β-unsaturated/α-hetero) is 1. The number of pyridine rings is 1. The molecule has 0 radical (unpaired) electrons. The van der Waals surface area contributed by atoms with Crippen LogP contribution < -0.4 is 4.90 Å². The van der Waals surface area contributed by atoms with Crippen LogP contribution in [-0.2, 0) is 4.74 Å². The summed E-state index contributed by atoms with van der Waals surface area (Å²) in [5.41, 5.74) is 3.85. The molecule has 5 heterocycles. The minimum atomic E-state index is 0.140. The van der Waals surface area contributed by atoms with Crippen LogP contribution in [0.1, 0.15) is 50.4 Å². The Kier molecular flexibility index (Phi) is 8.16. The molecular formula is C29H36N6O2S. The molecule has 0 N–H and O–H groups in total. The van der Waals surface area contributed by atoms with Crippen molar-refractivity contribution in [1.29, 1.82) is 0 Å². The van der Waals surface area contributed by atoms with Crippen molar-refractivity contribution in [1.82, 2.24) is 24.5 Å². The van der Waals surface area contributed by atoms with Crippen molar-refractivity contribution in [3.8, 4) is 21.8 Å². The number of nitrogens with zero attached hydrogens (tertiary/aromatic N) is 6. The number of ketones is 1. The maximum atomic E-state index is 13.5. The molecule has 200 valence electrons. The van der Waals surface area contributed by atoms with Gasteiger partial charge >= 0.3 is 0 Å². The van der Waals surface area contributed by atoms with Crippen molar-refractivity contribution in [2.24, 2.45) is 0 Å². The van der Waals surface area contributed by atoms with Gasteiger partial charge in [-0.2, -0.15) is 5.10 Å². The normalized spacial score (nSPS) is 16.2. The average molecular weight is 533 g/mol. The summed E-state index contributed by atoms with van der Waals surface area (Å²) in [4.78, 5) is 29.2. The predicted molar refractivity (Wildman–Crippen MR) is 153 cm³/mol. The van der Waals surface area contributed by atoms with Crippen LogP contribution in [0.4, 0.5) is 5.82 Å². The summed E-state index contributed by atoms with van der Waals surface area (Å²) in [5, 5.41) is 6.58. The number of thiophene rings is 1. The van der Waals surface area contributed by atoms with E-state index in [1.807, 2.05) is 35.8 Å². The number of hydrogen-bond donors (Lipinski definition) is 0. The second-order valence-corrected chi connectivity index (χ2v) is 10.8.